The average Bonchev–Trinajstić information content (AvgIpc) is 3.29. The number of alkyl halides is 6. The molecule has 13 heteroatoms. The summed E-state index contributed by atoms with van der Waals surface area (Å²) in [6.45, 7) is 0. The van der Waals surface area contributed by atoms with Gasteiger partial charge in [0.05, 0.1) is 16.9 Å². The Labute approximate surface area is 199 Å². The number of carbonyl (C=O) groups excluding carboxylic acids is 1. The maximum Gasteiger partial charge on any atom is 0.573 e. The van der Waals surface area contributed by atoms with Gasteiger partial charge in [-0.1, -0.05) is 12.1 Å². The summed E-state index contributed by atoms with van der Waals surface area (Å²) in [5.41, 5.74) is -0.0523. The Morgan fingerprint density at radius 3 is 2.14 bits per heavy atom. The molecule has 2 N–H and O–H groups in total. The number of amides is 2. The average molecular weight is 507 g/mol. The predicted molar refractivity (Wildman–Crippen MR) is 118 cm³/mol. The van der Waals surface area contributed by atoms with E-state index in [0.29, 0.717) is 22.8 Å². The van der Waals surface area contributed by atoms with Gasteiger partial charge in [-0.05, 0) is 60.7 Å². The van der Waals surface area contributed by atoms with Gasteiger partial charge in [-0.25, -0.2) is 14.5 Å². The van der Waals surface area contributed by atoms with Gasteiger partial charge in [-0.2, -0.15) is 13.2 Å². The zero-order chi connectivity index (χ0) is 25.9. The summed E-state index contributed by atoms with van der Waals surface area (Å²) in [5.74, 6) is -0.0821. The Hall–Kier alpha value is -4.55. The first-order valence-corrected chi connectivity index (χ1v) is 10.1. The number of aromatic nitrogens is 3. The third kappa shape index (κ3) is 6.11. The topological polar surface area (TPSA) is 81.1 Å². The van der Waals surface area contributed by atoms with Crippen molar-refractivity contribution in [1.29, 1.82) is 0 Å². The van der Waals surface area contributed by atoms with E-state index in [-0.39, 0.29) is 11.4 Å². The number of para-hydroxylation sites is 1. The third-order valence-electron chi connectivity index (χ3n) is 4.71. The van der Waals surface area contributed by atoms with Crippen LogP contribution in [0, 0.1) is 0 Å². The number of hydrogen-bond acceptors (Lipinski definition) is 4. The monoisotopic (exact) mass is 507 g/mol. The number of nitrogens with zero attached hydrogens (tertiary/aromatic N) is 3. The van der Waals surface area contributed by atoms with Crippen LogP contribution in [0.5, 0.6) is 5.75 Å². The van der Waals surface area contributed by atoms with E-state index in [1.165, 1.54) is 47.4 Å². The molecule has 7 nitrogen and oxygen atoms in total. The number of hydrogen-bond donors (Lipinski definition) is 2. The van der Waals surface area contributed by atoms with E-state index in [9.17, 15) is 31.1 Å². The van der Waals surface area contributed by atoms with Gasteiger partial charge in [-0.15, -0.1) is 18.3 Å². The highest BCUT2D eigenvalue weighted by Crippen LogP contribution is 2.34. The Balaban J connectivity index is 1.41. The fraction of sp³-hybridized carbons (Fsp3) is 0.0870. The number of nitrogens with one attached hydrogen (secondary N) is 2. The molecule has 186 valence electrons. The highest BCUT2D eigenvalue weighted by Gasteiger charge is 2.33. The van der Waals surface area contributed by atoms with Crippen molar-refractivity contribution in [3.63, 3.8) is 0 Å². The van der Waals surface area contributed by atoms with E-state index >= 15 is 0 Å². The van der Waals surface area contributed by atoms with Crippen molar-refractivity contribution in [2.24, 2.45) is 0 Å². The van der Waals surface area contributed by atoms with Crippen molar-refractivity contribution < 1.29 is 35.9 Å². The molecule has 0 fully saturated rings. The van der Waals surface area contributed by atoms with E-state index < -0.39 is 24.1 Å². The zero-order valence-corrected chi connectivity index (χ0v) is 17.9. The molecule has 0 bridgehead atoms. The minimum absolute atomic E-state index is 0.292. The van der Waals surface area contributed by atoms with Crippen LogP contribution in [0.25, 0.3) is 17.1 Å². The molecular formula is C23H15F6N5O2. The van der Waals surface area contributed by atoms with Crippen LogP contribution in [-0.4, -0.2) is 27.2 Å². The summed E-state index contributed by atoms with van der Waals surface area (Å²) >= 11 is 0. The number of benzene rings is 3. The molecule has 0 unspecified atom stereocenters. The fourth-order valence-electron chi connectivity index (χ4n) is 3.15. The summed E-state index contributed by atoms with van der Waals surface area (Å²) in [6.07, 6.45) is -8.05. The van der Waals surface area contributed by atoms with Gasteiger partial charge < -0.3 is 15.4 Å². The van der Waals surface area contributed by atoms with Crippen molar-refractivity contribution in [2.75, 3.05) is 10.6 Å². The fourth-order valence-corrected chi connectivity index (χ4v) is 3.15. The standard InChI is InChI=1S/C23H15F6N5O2/c24-22(25,26)18-3-1-2-4-19(18)32-21(35)31-15-7-5-14(6-8-15)20-30-13-34(33-20)16-9-11-17(12-10-16)36-23(27,28)29/h1-13H,(H2,31,32,35). The highest BCUT2D eigenvalue weighted by atomic mass is 19.4. The summed E-state index contributed by atoms with van der Waals surface area (Å²) in [6, 6.07) is 15.0. The van der Waals surface area contributed by atoms with Crippen molar-refractivity contribution in [3.8, 4) is 22.8 Å². The summed E-state index contributed by atoms with van der Waals surface area (Å²) in [4.78, 5) is 16.3. The van der Waals surface area contributed by atoms with E-state index in [0.717, 1.165) is 24.3 Å². The van der Waals surface area contributed by atoms with Gasteiger partial charge in [0.15, 0.2) is 5.82 Å². The molecule has 0 saturated heterocycles. The zero-order valence-electron chi connectivity index (χ0n) is 17.9. The Morgan fingerprint density at radius 2 is 1.50 bits per heavy atom. The summed E-state index contributed by atoms with van der Waals surface area (Å²) < 4.78 is 81.3. The van der Waals surface area contributed by atoms with Gasteiger partial charge in [0.25, 0.3) is 0 Å². The second-order valence-corrected chi connectivity index (χ2v) is 7.25. The van der Waals surface area contributed by atoms with Gasteiger partial charge in [0.1, 0.15) is 12.1 Å². The molecule has 4 rings (SSSR count). The van der Waals surface area contributed by atoms with Crippen LogP contribution < -0.4 is 15.4 Å². The molecule has 1 heterocycles. The van der Waals surface area contributed by atoms with E-state index in [2.05, 4.69) is 25.5 Å². The van der Waals surface area contributed by atoms with E-state index in [1.807, 2.05) is 0 Å². The van der Waals surface area contributed by atoms with Crippen molar-refractivity contribution in [2.45, 2.75) is 12.5 Å². The van der Waals surface area contributed by atoms with Crippen molar-refractivity contribution in [1.82, 2.24) is 14.8 Å². The lowest BCUT2D eigenvalue weighted by atomic mass is 10.1. The largest absolute Gasteiger partial charge is 0.573 e. The van der Waals surface area contributed by atoms with Gasteiger partial charge in [0, 0.05) is 11.3 Å². The number of carbonyl (C=O) groups is 1. The third-order valence-corrected chi connectivity index (χ3v) is 4.71. The first kappa shape index (κ1) is 24.6. The number of ether oxygens (including phenoxy) is 1. The van der Waals surface area contributed by atoms with Crippen LogP contribution in [0.1, 0.15) is 5.56 Å². The molecule has 0 saturated carbocycles. The SMILES string of the molecule is O=C(Nc1ccc(-c2ncn(-c3ccc(OC(F)(F)F)cc3)n2)cc1)Nc1ccccc1C(F)(F)F. The lowest BCUT2D eigenvalue weighted by Crippen LogP contribution is -2.21. The van der Waals surface area contributed by atoms with Crippen LogP contribution in [0.4, 0.5) is 42.5 Å². The molecule has 1 aromatic heterocycles. The Morgan fingerprint density at radius 1 is 0.833 bits per heavy atom. The molecule has 0 spiro atoms. The Kier molecular flexibility index (Phi) is 6.55. The van der Waals surface area contributed by atoms with Crippen LogP contribution in [0.3, 0.4) is 0 Å². The summed E-state index contributed by atoms with van der Waals surface area (Å²) in [7, 11) is 0. The van der Waals surface area contributed by atoms with Gasteiger partial charge in [0.2, 0.25) is 0 Å². The molecule has 0 radical (unpaired) electrons. The van der Waals surface area contributed by atoms with Gasteiger partial charge in [-0.3, -0.25) is 0 Å². The lowest BCUT2D eigenvalue weighted by molar-refractivity contribution is -0.274. The molecule has 0 aliphatic heterocycles. The highest BCUT2D eigenvalue weighted by molar-refractivity contribution is 6.00. The van der Waals surface area contributed by atoms with Crippen LogP contribution in [-0.2, 0) is 6.18 Å². The molecule has 36 heavy (non-hydrogen) atoms. The minimum Gasteiger partial charge on any atom is -0.406 e. The van der Waals surface area contributed by atoms with Crippen LogP contribution in [0.15, 0.2) is 79.1 Å². The normalized spacial score (nSPS) is 11.7. The van der Waals surface area contributed by atoms with Gasteiger partial charge >= 0.3 is 18.6 Å². The first-order valence-electron chi connectivity index (χ1n) is 10.1. The smallest absolute Gasteiger partial charge is 0.406 e. The lowest BCUT2D eigenvalue weighted by Gasteiger charge is -2.14. The minimum atomic E-state index is -4.79. The molecule has 0 aliphatic rings. The number of rotatable bonds is 5. The quantitative estimate of drug-likeness (QED) is 0.303. The molecule has 3 aromatic carbocycles. The van der Waals surface area contributed by atoms with E-state index in [4.69, 9.17) is 0 Å². The maximum atomic E-state index is 13.1. The predicted octanol–water partition coefficient (Wildman–Crippen LogP) is 6.50. The Bertz CT molecular complexity index is 1350. The summed E-state index contributed by atoms with van der Waals surface area (Å²) in [5, 5.41) is 8.90. The van der Waals surface area contributed by atoms with Crippen LogP contribution in [0.2, 0.25) is 0 Å². The van der Waals surface area contributed by atoms with Crippen molar-refractivity contribution >= 4 is 17.4 Å². The molecular weight excluding hydrogens is 492 g/mol. The maximum absolute atomic E-state index is 13.1. The number of halogens is 6. The first-order chi connectivity index (χ1) is 17.0. The molecule has 0 atom stereocenters. The van der Waals surface area contributed by atoms with Crippen LogP contribution >= 0.6 is 0 Å². The second-order valence-electron chi connectivity index (χ2n) is 7.25. The molecule has 0 aliphatic carbocycles. The number of anilines is 2. The van der Waals surface area contributed by atoms with E-state index in [1.54, 1.807) is 12.1 Å². The number of urea groups is 1. The second kappa shape index (κ2) is 9.60. The van der Waals surface area contributed by atoms with Crippen molar-refractivity contribution in [3.05, 3.63) is 84.7 Å². The molecule has 2 amide bonds. The molecule has 4 aromatic rings.